The molecule has 2 N–H and O–H groups in total. The Balaban J connectivity index is 1.82. The molecule has 1 fully saturated rings. The molecular weight excluding hydrogens is 412 g/mol. The van der Waals surface area contributed by atoms with Gasteiger partial charge in [-0.1, -0.05) is 0 Å². The molecule has 0 radical (unpaired) electrons. The molecule has 2 aromatic carbocycles. The molecule has 0 bridgehead atoms. The molecule has 0 saturated carbocycles. The molecule has 1 saturated heterocycles. The van der Waals surface area contributed by atoms with Gasteiger partial charge in [-0.3, -0.25) is 15.5 Å². The Hall–Kier alpha value is -3.18. The molecule has 0 unspecified atom stereocenters. The summed E-state index contributed by atoms with van der Waals surface area (Å²) in [5.74, 6) is 0.288. The van der Waals surface area contributed by atoms with Crippen molar-refractivity contribution in [1.29, 1.82) is 0 Å². The molecule has 0 amide bonds. The molecule has 160 valence electrons. The Kier molecular flexibility index (Phi) is 6.53. The summed E-state index contributed by atoms with van der Waals surface area (Å²) in [5.41, 5.74) is 2.83. The molecule has 0 spiro atoms. The molecule has 30 heavy (non-hydrogen) atoms. The van der Waals surface area contributed by atoms with Gasteiger partial charge in [0.15, 0.2) is 11.5 Å². The summed E-state index contributed by atoms with van der Waals surface area (Å²) in [6.07, 6.45) is 2.95. The number of rotatable bonds is 8. The normalized spacial score (nSPS) is 14.8. The van der Waals surface area contributed by atoms with Gasteiger partial charge in [0.05, 0.1) is 22.6 Å². The molecule has 0 aromatic heterocycles. The van der Waals surface area contributed by atoms with Crippen LogP contribution in [0, 0.1) is 10.1 Å². The van der Waals surface area contributed by atoms with Crippen molar-refractivity contribution in [3.63, 3.8) is 0 Å². The van der Waals surface area contributed by atoms with Crippen LogP contribution in [0.15, 0.2) is 46.4 Å². The van der Waals surface area contributed by atoms with E-state index in [9.17, 15) is 23.6 Å². The minimum absolute atomic E-state index is 0.00704. The molecule has 1 heterocycles. The first-order valence-electron chi connectivity index (χ1n) is 9.36. The maximum atomic E-state index is 12.7. The summed E-state index contributed by atoms with van der Waals surface area (Å²) in [6.45, 7) is 2.99. The van der Waals surface area contributed by atoms with Crippen LogP contribution in [0.5, 0.6) is 11.5 Å². The maximum absolute atomic E-state index is 12.7. The third kappa shape index (κ3) is 4.69. The van der Waals surface area contributed by atoms with E-state index in [2.05, 4.69) is 10.5 Å². The van der Waals surface area contributed by atoms with Gasteiger partial charge in [0.2, 0.25) is 10.0 Å². The number of ether oxygens (including phenoxy) is 1. The van der Waals surface area contributed by atoms with Crippen LogP contribution in [0.2, 0.25) is 0 Å². The SMILES string of the molecule is CCOc1cc(C=NNc2ccc(S(=O)(=O)N3CCCC3)cc2[N+](=O)[O-])ccc1O. The van der Waals surface area contributed by atoms with Gasteiger partial charge < -0.3 is 9.84 Å². The zero-order valence-electron chi connectivity index (χ0n) is 16.3. The molecular formula is C19H22N4O6S. The second-order valence-electron chi connectivity index (χ2n) is 6.58. The first-order chi connectivity index (χ1) is 14.3. The van der Waals surface area contributed by atoms with Gasteiger partial charge in [0.25, 0.3) is 5.69 Å². The second-order valence-corrected chi connectivity index (χ2v) is 8.52. The Morgan fingerprint density at radius 1 is 1.27 bits per heavy atom. The number of hydrogen-bond donors (Lipinski definition) is 2. The lowest BCUT2D eigenvalue weighted by molar-refractivity contribution is -0.384. The van der Waals surface area contributed by atoms with Crippen molar-refractivity contribution in [2.24, 2.45) is 5.10 Å². The number of sulfonamides is 1. The standard InChI is InChI=1S/C19H22N4O6S/c1-2-29-19-11-14(5-8-18(19)24)13-20-21-16-7-6-15(12-17(16)23(25)26)30(27,28)22-9-3-4-10-22/h5-8,11-13,21,24H,2-4,9-10H2,1H3. The predicted octanol–water partition coefficient (Wildman–Crippen LogP) is 2.93. The van der Waals surface area contributed by atoms with Crippen molar-refractivity contribution < 1.29 is 23.2 Å². The van der Waals surface area contributed by atoms with Crippen LogP contribution in [0.1, 0.15) is 25.3 Å². The number of hydrazone groups is 1. The highest BCUT2D eigenvalue weighted by Crippen LogP contribution is 2.30. The van der Waals surface area contributed by atoms with E-state index in [0.717, 1.165) is 18.9 Å². The van der Waals surface area contributed by atoms with Gasteiger partial charge >= 0.3 is 0 Å². The smallest absolute Gasteiger partial charge is 0.295 e. The van der Waals surface area contributed by atoms with Gasteiger partial charge in [-0.2, -0.15) is 9.41 Å². The van der Waals surface area contributed by atoms with Crippen molar-refractivity contribution in [3.05, 3.63) is 52.1 Å². The van der Waals surface area contributed by atoms with E-state index in [1.54, 1.807) is 19.1 Å². The molecule has 0 aliphatic carbocycles. The Morgan fingerprint density at radius 2 is 2.00 bits per heavy atom. The van der Waals surface area contributed by atoms with Crippen LogP contribution < -0.4 is 10.2 Å². The van der Waals surface area contributed by atoms with Gasteiger partial charge in [-0.25, -0.2) is 8.42 Å². The van der Waals surface area contributed by atoms with Crippen molar-refractivity contribution in [1.82, 2.24) is 4.31 Å². The van der Waals surface area contributed by atoms with Crippen LogP contribution in [0.4, 0.5) is 11.4 Å². The van der Waals surface area contributed by atoms with Gasteiger partial charge in [0.1, 0.15) is 5.69 Å². The molecule has 1 aliphatic heterocycles. The van der Waals surface area contributed by atoms with Gasteiger partial charge in [-0.15, -0.1) is 0 Å². The van der Waals surface area contributed by atoms with Gasteiger partial charge in [-0.05, 0) is 55.7 Å². The Bertz CT molecular complexity index is 1060. The van der Waals surface area contributed by atoms with E-state index < -0.39 is 20.6 Å². The zero-order valence-corrected chi connectivity index (χ0v) is 17.1. The fourth-order valence-corrected chi connectivity index (χ4v) is 4.59. The first-order valence-corrected chi connectivity index (χ1v) is 10.8. The van der Waals surface area contributed by atoms with Crippen LogP contribution in [0.25, 0.3) is 0 Å². The number of hydrogen-bond acceptors (Lipinski definition) is 8. The summed E-state index contributed by atoms with van der Waals surface area (Å²) >= 11 is 0. The fraction of sp³-hybridized carbons (Fsp3) is 0.316. The number of nitrogens with zero attached hydrogens (tertiary/aromatic N) is 3. The van der Waals surface area contributed by atoms with Crippen LogP contribution >= 0.6 is 0 Å². The number of nitro benzene ring substituents is 1. The lowest BCUT2D eigenvalue weighted by Gasteiger charge is -2.15. The lowest BCUT2D eigenvalue weighted by Crippen LogP contribution is -2.27. The third-order valence-electron chi connectivity index (χ3n) is 4.55. The number of phenolic OH excluding ortho intramolecular Hbond substituents is 1. The minimum Gasteiger partial charge on any atom is -0.504 e. The number of aromatic hydroxyl groups is 1. The monoisotopic (exact) mass is 434 g/mol. The van der Waals surface area contributed by atoms with Crippen LogP contribution in [0.3, 0.4) is 0 Å². The number of nitro groups is 1. The minimum atomic E-state index is -3.76. The summed E-state index contributed by atoms with van der Waals surface area (Å²) < 4.78 is 31.9. The summed E-state index contributed by atoms with van der Waals surface area (Å²) in [5, 5.41) is 25.2. The summed E-state index contributed by atoms with van der Waals surface area (Å²) in [6, 6.07) is 8.31. The molecule has 3 rings (SSSR count). The predicted molar refractivity (Wildman–Crippen MR) is 112 cm³/mol. The van der Waals surface area contributed by atoms with E-state index >= 15 is 0 Å². The maximum Gasteiger partial charge on any atom is 0.295 e. The largest absolute Gasteiger partial charge is 0.504 e. The highest BCUT2D eigenvalue weighted by Gasteiger charge is 2.29. The third-order valence-corrected chi connectivity index (χ3v) is 6.45. The van der Waals surface area contributed by atoms with Crippen molar-refractivity contribution in [3.8, 4) is 11.5 Å². The molecule has 10 nitrogen and oxygen atoms in total. The molecule has 0 atom stereocenters. The summed E-state index contributed by atoms with van der Waals surface area (Å²) in [7, 11) is -3.76. The lowest BCUT2D eigenvalue weighted by atomic mass is 10.2. The van der Waals surface area contributed by atoms with E-state index in [4.69, 9.17) is 4.74 Å². The fourth-order valence-electron chi connectivity index (χ4n) is 3.05. The van der Waals surface area contributed by atoms with E-state index in [1.807, 2.05) is 0 Å². The highest BCUT2D eigenvalue weighted by molar-refractivity contribution is 7.89. The number of benzene rings is 2. The van der Waals surface area contributed by atoms with E-state index in [1.165, 1.54) is 28.7 Å². The number of nitrogens with one attached hydrogen (secondary N) is 1. The quantitative estimate of drug-likeness (QED) is 0.370. The van der Waals surface area contributed by atoms with Crippen LogP contribution in [-0.2, 0) is 10.0 Å². The van der Waals surface area contributed by atoms with Crippen LogP contribution in [-0.4, -0.2) is 48.7 Å². The zero-order chi connectivity index (χ0) is 21.7. The molecule has 1 aliphatic rings. The van der Waals surface area contributed by atoms with E-state index in [-0.39, 0.29) is 16.3 Å². The van der Waals surface area contributed by atoms with Crippen molar-refractivity contribution in [2.75, 3.05) is 25.1 Å². The average molecular weight is 434 g/mol. The topological polar surface area (TPSA) is 134 Å². The molecule has 2 aromatic rings. The Labute approximate surface area is 174 Å². The molecule has 11 heteroatoms. The number of anilines is 1. The first kappa shape index (κ1) is 21.5. The Morgan fingerprint density at radius 3 is 2.67 bits per heavy atom. The van der Waals surface area contributed by atoms with Gasteiger partial charge in [0, 0.05) is 19.2 Å². The van der Waals surface area contributed by atoms with Crippen molar-refractivity contribution in [2.45, 2.75) is 24.7 Å². The summed E-state index contributed by atoms with van der Waals surface area (Å²) in [4.78, 5) is 10.7. The van der Waals surface area contributed by atoms with E-state index in [0.29, 0.717) is 31.0 Å². The average Bonchev–Trinajstić information content (AvgIpc) is 3.26. The second kappa shape index (κ2) is 9.09. The highest BCUT2D eigenvalue weighted by atomic mass is 32.2. The van der Waals surface area contributed by atoms with Crippen molar-refractivity contribution >= 4 is 27.6 Å². The number of phenols is 1.